The van der Waals surface area contributed by atoms with Crippen molar-refractivity contribution in [3.05, 3.63) is 102 Å². The van der Waals surface area contributed by atoms with Crippen LogP contribution in [0.5, 0.6) is 0 Å². The molecule has 3 aliphatic rings. The number of carbonyl (C=O) groups excluding carboxylic acids is 3. The van der Waals surface area contributed by atoms with Crippen LogP contribution in [0.4, 0.5) is 15.3 Å². The van der Waals surface area contributed by atoms with Crippen LogP contribution in [0.2, 0.25) is 0 Å². The third-order valence-electron chi connectivity index (χ3n) is 7.39. The zero-order valence-electron chi connectivity index (χ0n) is 29.5. The number of nitrogens with zero attached hydrogens (tertiary/aromatic N) is 2. The predicted octanol–water partition coefficient (Wildman–Crippen LogP) is 6.62. The van der Waals surface area contributed by atoms with Gasteiger partial charge in [-0.15, -0.1) is 0 Å². The van der Waals surface area contributed by atoms with E-state index in [1.807, 2.05) is 57.2 Å². The molecule has 0 aliphatic carbocycles. The lowest BCUT2D eigenvalue weighted by Gasteiger charge is -2.39. The number of hydrogen-bond donors (Lipinski definition) is 2. The van der Waals surface area contributed by atoms with Crippen LogP contribution >= 0.6 is 0 Å². The highest BCUT2D eigenvalue weighted by molar-refractivity contribution is 5.94. The van der Waals surface area contributed by atoms with Gasteiger partial charge in [-0.3, -0.25) is 9.69 Å². The van der Waals surface area contributed by atoms with E-state index in [0.29, 0.717) is 5.92 Å². The van der Waals surface area contributed by atoms with Gasteiger partial charge in [0, 0.05) is 18.8 Å². The first-order valence-electron chi connectivity index (χ1n) is 16.7. The molecule has 0 saturated carbocycles. The minimum atomic E-state index is -0.476. The first kappa shape index (κ1) is 38.1. The molecule has 3 aromatic carbocycles. The lowest BCUT2D eigenvalue weighted by Crippen LogP contribution is -2.52. The molecule has 0 unspecified atom stereocenters. The van der Waals surface area contributed by atoms with Crippen molar-refractivity contribution in [2.45, 2.75) is 65.6 Å². The Hall–Kier alpha value is -4.37. The molecule has 260 valence electrons. The molecular formula is C39H54N4O5. The van der Waals surface area contributed by atoms with Crippen molar-refractivity contribution < 1.29 is 23.9 Å². The highest BCUT2D eigenvalue weighted by Gasteiger charge is 2.33. The zero-order chi connectivity index (χ0) is 35.2. The summed E-state index contributed by atoms with van der Waals surface area (Å²) in [6, 6.07) is 30.6. The summed E-state index contributed by atoms with van der Waals surface area (Å²) in [4.78, 5) is 36.6. The summed E-state index contributed by atoms with van der Waals surface area (Å²) in [5.74, 6) is 1.54. The van der Waals surface area contributed by atoms with Crippen LogP contribution < -0.4 is 11.1 Å². The molecule has 0 bridgehead atoms. The van der Waals surface area contributed by atoms with Gasteiger partial charge in [0.1, 0.15) is 11.2 Å². The third-order valence-corrected chi connectivity index (χ3v) is 7.39. The smallest absolute Gasteiger partial charge is 0.411 e. The van der Waals surface area contributed by atoms with E-state index in [4.69, 9.17) is 15.2 Å². The number of carbonyl (C=O) groups is 3. The molecule has 6 rings (SSSR count). The minimum Gasteiger partial charge on any atom is -0.444 e. The van der Waals surface area contributed by atoms with Crippen molar-refractivity contribution >= 4 is 23.7 Å². The molecule has 3 N–H and O–H groups in total. The zero-order valence-corrected chi connectivity index (χ0v) is 29.5. The number of benzene rings is 3. The average Bonchev–Trinajstić information content (AvgIpc) is 2.96. The van der Waals surface area contributed by atoms with Crippen LogP contribution in [0.25, 0.3) is 0 Å². The highest BCUT2D eigenvalue weighted by atomic mass is 16.6. The number of nitrogens with one attached hydrogen (secondary N) is 1. The van der Waals surface area contributed by atoms with Gasteiger partial charge < -0.3 is 25.4 Å². The average molecular weight is 659 g/mol. The number of ether oxygens (including phenoxy) is 2. The number of likely N-dealkylation sites (tertiary alicyclic amines) is 2. The molecule has 3 aromatic rings. The maximum absolute atomic E-state index is 11.7. The van der Waals surface area contributed by atoms with Gasteiger partial charge in [-0.25, -0.2) is 9.59 Å². The van der Waals surface area contributed by atoms with E-state index in [-0.39, 0.29) is 25.0 Å². The molecule has 0 radical (unpaired) electrons. The number of ketones is 1. The highest BCUT2D eigenvalue weighted by Crippen LogP contribution is 2.23. The number of amides is 2. The lowest BCUT2D eigenvalue weighted by atomic mass is 9.93. The molecule has 3 heterocycles. The first-order chi connectivity index (χ1) is 22.7. The molecule has 0 atom stereocenters. The Morgan fingerprint density at radius 3 is 1.40 bits per heavy atom. The van der Waals surface area contributed by atoms with E-state index in [1.54, 1.807) is 25.7 Å². The van der Waals surface area contributed by atoms with Crippen molar-refractivity contribution in [3.8, 4) is 0 Å². The Labute approximate surface area is 286 Å². The second-order valence-corrected chi connectivity index (χ2v) is 14.4. The summed E-state index contributed by atoms with van der Waals surface area (Å²) >= 11 is 0. The Morgan fingerprint density at radius 2 is 1.06 bits per heavy atom. The van der Waals surface area contributed by atoms with Crippen molar-refractivity contribution in [2.75, 3.05) is 45.0 Å². The molecule has 0 aromatic heterocycles. The molecule has 3 saturated heterocycles. The topological polar surface area (TPSA) is 114 Å². The van der Waals surface area contributed by atoms with Crippen LogP contribution in [-0.4, -0.2) is 78.2 Å². The monoisotopic (exact) mass is 658 g/mol. The number of nitrogens with two attached hydrogens (primary N) is 1. The van der Waals surface area contributed by atoms with Gasteiger partial charge in [0.05, 0.1) is 13.1 Å². The van der Waals surface area contributed by atoms with Gasteiger partial charge in [0.2, 0.25) is 0 Å². The summed E-state index contributed by atoms with van der Waals surface area (Å²) in [6.07, 6.45) is 1.70. The summed E-state index contributed by atoms with van der Waals surface area (Å²) in [5.41, 5.74) is 8.11. The van der Waals surface area contributed by atoms with E-state index in [2.05, 4.69) is 59.9 Å². The van der Waals surface area contributed by atoms with Gasteiger partial charge in [0.25, 0.3) is 0 Å². The van der Waals surface area contributed by atoms with Gasteiger partial charge in [-0.05, 0) is 103 Å². The van der Waals surface area contributed by atoms with E-state index >= 15 is 0 Å². The molecule has 0 spiro atoms. The SMILES string of the molecule is CC(C)(C)OC(=O)N1CC(=O)C1.CC(C)(C)OC(=O)N1CC(Cc2ccccc2)C1.Nc1ccccc1.c1ccc(CC2CNC2)cc1. The van der Waals surface area contributed by atoms with Crippen LogP contribution in [0.15, 0.2) is 91.0 Å². The van der Waals surface area contributed by atoms with Crippen LogP contribution in [0, 0.1) is 11.8 Å². The summed E-state index contributed by atoms with van der Waals surface area (Å²) in [6.45, 7) is 15.5. The fourth-order valence-electron chi connectivity index (χ4n) is 4.85. The van der Waals surface area contributed by atoms with E-state index in [9.17, 15) is 14.4 Å². The summed E-state index contributed by atoms with van der Waals surface area (Å²) in [7, 11) is 0. The number of nitrogen functional groups attached to an aromatic ring is 1. The molecular weight excluding hydrogens is 604 g/mol. The van der Waals surface area contributed by atoms with E-state index in [0.717, 1.165) is 31.1 Å². The number of Topliss-reactive ketones (excluding diaryl/α,β-unsaturated/α-hetero) is 1. The summed E-state index contributed by atoms with van der Waals surface area (Å²) in [5, 5.41) is 3.28. The lowest BCUT2D eigenvalue weighted by molar-refractivity contribution is -0.128. The minimum absolute atomic E-state index is 0.0841. The molecule has 3 fully saturated rings. The van der Waals surface area contributed by atoms with Crippen LogP contribution in [-0.2, 0) is 27.1 Å². The van der Waals surface area contributed by atoms with Gasteiger partial charge >= 0.3 is 12.2 Å². The van der Waals surface area contributed by atoms with E-state index in [1.165, 1.54) is 35.5 Å². The number of rotatable bonds is 4. The molecule has 2 amide bonds. The fourth-order valence-corrected chi connectivity index (χ4v) is 4.85. The molecule has 3 aliphatic heterocycles. The maximum Gasteiger partial charge on any atom is 0.411 e. The Balaban J connectivity index is 0.000000183. The number of para-hydroxylation sites is 1. The molecule has 9 heteroatoms. The standard InChI is InChI=1S/C15H21NO2.C10H13N.C8H13NO3.C6H7N/c1-15(2,3)18-14(17)16-10-13(11-16)9-12-7-5-4-6-8-12;1-2-4-9(5-3-1)6-10-7-11-8-10;1-8(2,3)12-7(11)9-4-6(10)5-9;7-6-4-2-1-3-5-6/h4-8,13H,9-11H2,1-3H3;1-5,10-11H,6-8H2;4-5H2,1-3H3;1-5H,7H2. The molecule has 9 nitrogen and oxygen atoms in total. The summed E-state index contributed by atoms with van der Waals surface area (Å²) < 4.78 is 10.4. The number of anilines is 1. The quantitative estimate of drug-likeness (QED) is 0.303. The first-order valence-corrected chi connectivity index (χ1v) is 16.7. The third kappa shape index (κ3) is 15.0. The normalized spacial score (nSPS) is 15.8. The Morgan fingerprint density at radius 1 is 0.667 bits per heavy atom. The Kier molecular flexibility index (Phi) is 14.5. The van der Waals surface area contributed by atoms with Crippen LogP contribution in [0.3, 0.4) is 0 Å². The van der Waals surface area contributed by atoms with Crippen LogP contribution in [0.1, 0.15) is 52.7 Å². The van der Waals surface area contributed by atoms with Crippen molar-refractivity contribution in [3.63, 3.8) is 0 Å². The fraction of sp³-hybridized carbons (Fsp3) is 0.462. The maximum atomic E-state index is 11.7. The van der Waals surface area contributed by atoms with Crippen molar-refractivity contribution in [1.82, 2.24) is 15.1 Å². The van der Waals surface area contributed by atoms with Gasteiger partial charge in [-0.1, -0.05) is 78.9 Å². The van der Waals surface area contributed by atoms with Gasteiger partial charge in [0.15, 0.2) is 5.78 Å². The molecule has 48 heavy (non-hydrogen) atoms. The van der Waals surface area contributed by atoms with Gasteiger partial charge in [-0.2, -0.15) is 0 Å². The largest absolute Gasteiger partial charge is 0.444 e. The van der Waals surface area contributed by atoms with Crippen molar-refractivity contribution in [1.29, 1.82) is 0 Å². The van der Waals surface area contributed by atoms with Crippen molar-refractivity contribution in [2.24, 2.45) is 11.8 Å². The second kappa shape index (κ2) is 18.2. The van der Waals surface area contributed by atoms with E-state index < -0.39 is 17.3 Å². The Bertz CT molecular complexity index is 1390. The number of hydrogen-bond acceptors (Lipinski definition) is 7. The second-order valence-electron chi connectivity index (χ2n) is 14.4. The predicted molar refractivity (Wildman–Crippen MR) is 192 cm³/mol.